The topological polar surface area (TPSA) is 26.3 Å². The van der Waals surface area contributed by atoms with Crippen LogP contribution in [0.4, 0.5) is 0 Å². The van der Waals surface area contributed by atoms with Crippen molar-refractivity contribution in [2.45, 2.75) is 52.1 Å². The molecule has 0 fully saturated rings. The zero-order chi connectivity index (χ0) is 14.5. The van der Waals surface area contributed by atoms with Crippen molar-refractivity contribution in [2.24, 2.45) is 0 Å². The molecule has 0 heterocycles. The van der Waals surface area contributed by atoms with Crippen LogP contribution in [0.5, 0.6) is 0 Å². The Bertz CT molecular complexity index is 404. The molecule has 0 saturated carbocycles. The molecule has 0 saturated heterocycles. The number of hydrogen-bond acceptors (Lipinski definition) is 2. The SMILES string of the molecule is CCC(CCI)c1ccc(C(=O)OC(C)(C)C)cc1. The highest BCUT2D eigenvalue weighted by atomic mass is 127. The van der Waals surface area contributed by atoms with Gasteiger partial charge in [0.15, 0.2) is 0 Å². The van der Waals surface area contributed by atoms with E-state index >= 15 is 0 Å². The summed E-state index contributed by atoms with van der Waals surface area (Å²) in [5, 5.41) is 0. The van der Waals surface area contributed by atoms with E-state index < -0.39 is 5.60 Å². The largest absolute Gasteiger partial charge is 0.456 e. The first kappa shape index (κ1) is 16.5. The number of rotatable bonds is 5. The molecular formula is C16H23IO2. The first-order chi connectivity index (χ1) is 8.87. The standard InChI is InChI=1S/C16H23IO2/c1-5-12(10-11-17)13-6-8-14(9-7-13)15(18)19-16(2,3)4/h6-9,12H,5,10-11H2,1-4H3. The summed E-state index contributed by atoms with van der Waals surface area (Å²) in [7, 11) is 0. The maximum atomic E-state index is 11.9. The van der Waals surface area contributed by atoms with Crippen molar-refractivity contribution >= 4 is 28.6 Å². The Labute approximate surface area is 130 Å². The van der Waals surface area contributed by atoms with Crippen molar-refractivity contribution in [3.05, 3.63) is 35.4 Å². The van der Waals surface area contributed by atoms with Gasteiger partial charge < -0.3 is 4.74 Å². The van der Waals surface area contributed by atoms with Crippen LogP contribution in [0, 0.1) is 0 Å². The molecule has 1 aromatic carbocycles. The van der Waals surface area contributed by atoms with Gasteiger partial charge in [-0.2, -0.15) is 0 Å². The van der Waals surface area contributed by atoms with Gasteiger partial charge in [0.05, 0.1) is 5.56 Å². The molecule has 0 radical (unpaired) electrons. The minimum absolute atomic E-state index is 0.249. The summed E-state index contributed by atoms with van der Waals surface area (Å²) in [6.07, 6.45) is 2.32. The van der Waals surface area contributed by atoms with Crippen LogP contribution in [0.25, 0.3) is 0 Å². The Kier molecular flexibility index (Phi) is 6.30. The molecule has 0 amide bonds. The average Bonchev–Trinajstić information content (AvgIpc) is 2.34. The zero-order valence-electron chi connectivity index (χ0n) is 12.2. The Hall–Kier alpha value is -0.580. The second kappa shape index (κ2) is 7.27. The summed E-state index contributed by atoms with van der Waals surface area (Å²) in [6.45, 7) is 7.85. The predicted molar refractivity (Wildman–Crippen MR) is 88.1 cm³/mol. The lowest BCUT2D eigenvalue weighted by Crippen LogP contribution is -2.23. The summed E-state index contributed by atoms with van der Waals surface area (Å²) in [5.41, 5.74) is 1.50. The van der Waals surface area contributed by atoms with E-state index in [0.717, 1.165) is 10.8 Å². The van der Waals surface area contributed by atoms with Gasteiger partial charge in [0.25, 0.3) is 0 Å². The van der Waals surface area contributed by atoms with Gasteiger partial charge in [0, 0.05) is 4.43 Å². The lowest BCUT2D eigenvalue weighted by Gasteiger charge is -2.20. The molecule has 0 aromatic heterocycles. The summed E-state index contributed by atoms with van der Waals surface area (Å²) >= 11 is 2.41. The number of ether oxygens (including phenoxy) is 1. The molecule has 1 atom stereocenters. The third-order valence-corrected chi connectivity index (χ3v) is 3.59. The van der Waals surface area contributed by atoms with Gasteiger partial charge in [-0.25, -0.2) is 4.79 Å². The van der Waals surface area contributed by atoms with E-state index in [1.807, 2.05) is 32.9 Å². The molecule has 106 valence electrons. The van der Waals surface area contributed by atoms with Crippen LogP contribution in [0.1, 0.15) is 62.4 Å². The summed E-state index contributed by atoms with van der Waals surface area (Å²) in [6, 6.07) is 7.86. The predicted octanol–water partition coefficient (Wildman–Crippen LogP) is 4.96. The van der Waals surface area contributed by atoms with E-state index in [0.29, 0.717) is 11.5 Å². The molecule has 1 rings (SSSR count). The van der Waals surface area contributed by atoms with Crippen LogP contribution in [0.15, 0.2) is 24.3 Å². The number of benzene rings is 1. The molecule has 19 heavy (non-hydrogen) atoms. The number of alkyl halides is 1. The van der Waals surface area contributed by atoms with Gasteiger partial charge >= 0.3 is 5.97 Å². The van der Waals surface area contributed by atoms with Crippen LogP contribution >= 0.6 is 22.6 Å². The van der Waals surface area contributed by atoms with E-state index in [4.69, 9.17) is 4.74 Å². The maximum Gasteiger partial charge on any atom is 0.338 e. The lowest BCUT2D eigenvalue weighted by molar-refractivity contribution is 0.00695. The van der Waals surface area contributed by atoms with Crippen molar-refractivity contribution in [1.82, 2.24) is 0 Å². The third kappa shape index (κ3) is 5.51. The van der Waals surface area contributed by atoms with Gasteiger partial charge in [0.1, 0.15) is 5.60 Å². The molecule has 0 N–H and O–H groups in total. The molecule has 0 aliphatic carbocycles. The summed E-state index contributed by atoms with van der Waals surface area (Å²) < 4.78 is 6.51. The Morgan fingerprint density at radius 3 is 2.26 bits per heavy atom. The molecule has 0 aliphatic heterocycles. The van der Waals surface area contributed by atoms with Crippen molar-refractivity contribution in [3.63, 3.8) is 0 Å². The number of halogens is 1. The number of carbonyl (C=O) groups is 1. The Balaban J connectivity index is 2.78. The third-order valence-electron chi connectivity index (χ3n) is 2.97. The number of esters is 1. The summed E-state index contributed by atoms with van der Waals surface area (Å²) in [5.74, 6) is 0.338. The second-order valence-corrected chi connectivity index (χ2v) is 6.79. The van der Waals surface area contributed by atoms with Crippen LogP contribution in [-0.4, -0.2) is 16.0 Å². The molecule has 0 bridgehead atoms. The van der Waals surface area contributed by atoms with E-state index in [1.165, 1.54) is 12.0 Å². The zero-order valence-corrected chi connectivity index (χ0v) is 14.4. The van der Waals surface area contributed by atoms with Crippen LogP contribution in [0.2, 0.25) is 0 Å². The highest BCUT2D eigenvalue weighted by Crippen LogP contribution is 2.24. The summed E-state index contributed by atoms with van der Waals surface area (Å²) in [4.78, 5) is 11.9. The molecule has 0 spiro atoms. The van der Waals surface area contributed by atoms with Gasteiger partial charge in [-0.05, 0) is 57.2 Å². The average molecular weight is 374 g/mol. The maximum absolute atomic E-state index is 11.9. The van der Waals surface area contributed by atoms with Crippen molar-refractivity contribution in [1.29, 1.82) is 0 Å². The fourth-order valence-corrected chi connectivity index (χ4v) is 2.72. The molecular weight excluding hydrogens is 351 g/mol. The number of hydrogen-bond donors (Lipinski definition) is 0. The van der Waals surface area contributed by atoms with Crippen molar-refractivity contribution in [3.8, 4) is 0 Å². The highest BCUT2D eigenvalue weighted by molar-refractivity contribution is 14.1. The lowest BCUT2D eigenvalue weighted by atomic mass is 9.93. The van der Waals surface area contributed by atoms with Crippen LogP contribution in [0.3, 0.4) is 0 Å². The quantitative estimate of drug-likeness (QED) is 0.414. The van der Waals surface area contributed by atoms with E-state index in [-0.39, 0.29) is 5.97 Å². The van der Waals surface area contributed by atoms with Crippen molar-refractivity contribution in [2.75, 3.05) is 4.43 Å². The fourth-order valence-electron chi connectivity index (χ4n) is 1.97. The van der Waals surface area contributed by atoms with Gasteiger partial charge in [-0.3, -0.25) is 0 Å². The Morgan fingerprint density at radius 2 is 1.84 bits per heavy atom. The van der Waals surface area contributed by atoms with Gasteiger partial charge in [-0.15, -0.1) is 0 Å². The molecule has 1 aromatic rings. The van der Waals surface area contributed by atoms with Crippen molar-refractivity contribution < 1.29 is 9.53 Å². The molecule has 2 nitrogen and oxygen atoms in total. The normalized spacial score (nSPS) is 13.1. The van der Waals surface area contributed by atoms with E-state index in [1.54, 1.807) is 0 Å². The van der Waals surface area contributed by atoms with Crippen LogP contribution in [-0.2, 0) is 4.74 Å². The fraction of sp³-hybridized carbons (Fsp3) is 0.562. The molecule has 3 heteroatoms. The minimum atomic E-state index is -0.442. The first-order valence-electron chi connectivity index (χ1n) is 6.76. The minimum Gasteiger partial charge on any atom is -0.456 e. The first-order valence-corrected chi connectivity index (χ1v) is 8.29. The number of carbonyl (C=O) groups excluding carboxylic acids is 1. The smallest absolute Gasteiger partial charge is 0.338 e. The van der Waals surface area contributed by atoms with Gasteiger partial charge in [-0.1, -0.05) is 41.6 Å². The molecule has 1 unspecified atom stereocenters. The van der Waals surface area contributed by atoms with Gasteiger partial charge in [0.2, 0.25) is 0 Å². The Morgan fingerprint density at radius 1 is 1.26 bits per heavy atom. The second-order valence-electron chi connectivity index (χ2n) is 5.71. The monoisotopic (exact) mass is 374 g/mol. The highest BCUT2D eigenvalue weighted by Gasteiger charge is 2.18. The van der Waals surface area contributed by atoms with E-state index in [9.17, 15) is 4.79 Å². The van der Waals surface area contributed by atoms with Crippen LogP contribution < -0.4 is 0 Å². The molecule has 0 aliphatic rings. The van der Waals surface area contributed by atoms with E-state index in [2.05, 4.69) is 41.6 Å².